The molecule has 0 saturated carbocycles. The topological polar surface area (TPSA) is 45.7 Å². The zero-order valence-corrected chi connectivity index (χ0v) is 41.5. The zero-order valence-electron chi connectivity index (χ0n) is 41.5. The fraction of sp³-hybridized carbons (Fsp3) is 0.0746. The van der Waals surface area contributed by atoms with Gasteiger partial charge in [0, 0.05) is 75.2 Å². The molecule has 5 heterocycles. The fourth-order valence-electron chi connectivity index (χ4n) is 11.5. The second kappa shape index (κ2) is 16.8. The predicted octanol–water partition coefficient (Wildman–Crippen LogP) is 16.2. The van der Waals surface area contributed by atoms with E-state index in [1.165, 1.54) is 32.6 Å². The second-order valence-electron chi connectivity index (χ2n) is 20.3. The summed E-state index contributed by atoms with van der Waals surface area (Å²) in [7, 11) is 2.21. The summed E-state index contributed by atoms with van der Waals surface area (Å²) in [6, 6.07) is 75.3. The first-order valence-electron chi connectivity index (χ1n) is 25.3. The largest absolute Gasteiger partial charge is 0.458 e. The van der Waals surface area contributed by atoms with E-state index in [1.807, 2.05) is 22.9 Å². The molecule has 7 nitrogen and oxygen atoms in total. The molecule has 0 aliphatic rings. The van der Waals surface area contributed by atoms with Gasteiger partial charge in [0.1, 0.15) is 17.3 Å². The summed E-state index contributed by atoms with van der Waals surface area (Å²) >= 11 is 0. The third-order valence-electron chi connectivity index (χ3n) is 14.8. The van der Waals surface area contributed by atoms with E-state index in [0.717, 1.165) is 89.2 Å². The minimum atomic E-state index is -0.108. The summed E-state index contributed by atoms with van der Waals surface area (Å²) in [5.41, 5.74) is 15.5. The maximum absolute atomic E-state index is 6.97. The van der Waals surface area contributed by atoms with Crippen molar-refractivity contribution in [2.45, 2.75) is 26.2 Å². The van der Waals surface area contributed by atoms with Gasteiger partial charge in [-0.15, -0.1) is 0 Å². The summed E-state index contributed by atoms with van der Waals surface area (Å²) in [6.45, 7) is 6.79. The van der Waals surface area contributed by atoms with Crippen LogP contribution in [0.5, 0.6) is 11.5 Å². The van der Waals surface area contributed by atoms with Gasteiger partial charge >= 0.3 is 0 Å². The van der Waals surface area contributed by atoms with Crippen LogP contribution < -0.4 is 9.30 Å². The number of benzene rings is 9. The van der Waals surface area contributed by atoms with Gasteiger partial charge in [-0.25, -0.2) is 4.98 Å². The number of aromatic nitrogens is 6. The monoisotopic (exact) mass is 954 g/mol. The number of hydrogen-bond acceptors (Lipinski definition) is 2. The van der Waals surface area contributed by atoms with Crippen LogP contribution in [0.2, 0.25) is 0 Å². The molecule has 0 amide bonds. The quantitative estimate of drug-likeness (QED) is 0.113. The van der Waals surface area contributed by atoms with Crippen molar-refractivity contribution in [3.05, 3.63) is 243 Å². The van der Waals surface area contributed by atoms with Crippen LogP contribution in [0, 0.1) is 6.33 Å². The lowest BCUT2D eigenvalue weighted by Gasteiger charge is -2.20. The number of imidazole rings is 1. The second-order valence-corrected chi connectivity index (χ2v) is 20.3. The Kier molecular flexibility index (Phi) is 9.85. The Balaban J connectivity index is 0.976. The summed E-state index contributed by atoms with van der Waals surface area (Å²) in [5, 5.41) is 7.16. The molecule has 74 heavy (non-hydrogen) atoms. The van der Waals surface area contributed by atoms with Crippen LogP contribution in [0.25, 0.3) is 111 Å². The summed E-state index contributed by atoms with van der Waals surface area (Å²) < 4.78 is 18.4. The van der Waals surface area contributed by atoms with Crippen molar-refractivity contribution in [1.82, 2.24) is 23.3 Å². The highest BCUT2D eigenvalue weighted by molar-refractivity contribution is 6.40. The molecular weight excluding hydrogens is 905 g/mol. The van der Waals surface area contributed by atoms with E-state index in [2.05, 4.69) is 265 Å². The van der Waals surface area contributed by atoms with Crippen LogP contribution in [-0.4, -0.2) is 23.3 Å². The average molecular weight is 955 g/mol. The van der Waals surface area contributed by atoms with Gasteiger partial charge in [-0.1, -0.05) is 160 Å². The lowest BCUT2D eigenvalue weighted by atomic mass is 9.88. The highest BCUT2D eigenvalue weighted by atomic mass is 16.5. The Labute approximate surface area is 428 Å². The maximum Gasteiger partial charge on any atom is 0.268 e. The normalized spacial score (nSPS) is 12.1. The number of fused-ring (bicyclic) bond motifs is 12. The summed E-state index contributed by atoms with van der Waals surface area (Å²) in [4.78, 5) is 5.22. The molecule has 354 valence electrons. The van der Waals surface area contributed by atoms with Gasteiger partial charge in [0.15, 0.2) is 0 Å². The first-order valence-corrected chi connectivity index (χ1v) is 25.3. The molecule has 0 saturated heterocycles. The highest BCUT2D eigenvalue weighted by Crippen LogP contribution is 2.50. The van der Waals surface area contributed by atoms with Crippen molar-refractivity contribution in [2.75, 3.05) is 0 Å². The standard InChI is InChI=1S/C67H50N6O/c1-67(2,3)46-36-37-68-59(40-46)73-58-42-50(74-49-27-18-26-48(41-49)70-38-39-71(43-70)63-51(44-20-8-5-9-21-44)30-19-31-52(63)45-22-10-6-11-23-45)34-35-55(58)62-64-60(61-53-28-14-16-32-56(53)69(4)65(61)66(62)73)54-29-15-17-33-57(54)72(64)47-24-12-7-13-25-47/h5-42H,1-4H3. The van der Waals surface area contributed by atoms with Crippen molar-refractivity contribution in [2.24, 2.45) is 7.05 Å². The minimum absolute atomic E-state index is 0.108. The number of rotatable bonds is 8. The van der Waals surface area contributed by atoms with Gasteiger partial charge in [0.25, 0.3) is 6.33 Å². The number of ether oxygens (including phenoxy) is 1. The molecular formula is C67H50N6O. The molecule has 7 heteroatoms. The number of pyridine rings is 1. The van der Waals surface area contributed by atoms with Crippen molar-refractivity contribution in [3.63, 3.8) is 0 Å². The van der Waals surface area contributed by atoms with Crippen molar-refractivity contribution >= 4 is 65.4 Å². The van der Waals surface area contributed by atoms with Crippen LogP contribution in [0.1, 0.15) is 26.3 Å². The molecule has 0 radical (unpaired) electrons. The molecule has 14 aromatic rings. The number of aryl methyl sites for hydroxylation is 1. The zero-order chi connectivity index (χ0) is 49.7. The average Bonchev–Trinajstić information content (AvgIpc) is 4.24. The Morgan fingerprint density at radius 3 is 1.82 bits per heavy atom. The molecule has 0 aliphatic carbocycles. The Bertz CT molecular complexity index is 4440. The Morgan fingerprint density at radius 1 is 0.500 bits per heavy atom. The molecule has 0 fully saturated rings. The molecule has 0 aliphatic heterocycles. The van der Waals surface area contributed by atoms with Crippen LogP contribution in [-0.2, 0) is 12.5 Å². The Hall–Kier alpha value is -9.46. The van der Waals surface area contributed by atoms with Gasteiger partial charge in [-0.3, -0.25) is 13.7 Å². The third-order valence-corrected chi connectivity index (χ3v) is 14.8. The first kappa shape index (κ1) is 43.3. The summed E-state index contributed by atoms with van der Waals surface area (Å²) in [6.07, 6.45) is 9.77. The van der Waals surface area contributed by atoms with E-state index in [9.17, 15) is 0 Å². The SMILES string of the molecule is Cn1c2ccccc2c2c3c4ccccc4n(-c4ccccc4)c3c3c4ccc(Oc5cccc(-[n+]6[c-]n(-c7c(-c8ccccc8)cccc7-c7ccccc7)cc6)c5)cc4n(-c4cc(C(C)(C)C)ccn4)c3c21. The molecule has 14 rings (SSSR count). The van der Waals surface area contributed by atoms with Crippen LogP contribution in [0.15, 0.2) is 231 Å². The molecule has 5 aromatic heterocycles. The van der Waals surface area contributed by atoms with Gasteiger partial charge < -0.3 is 13.9 Å². The Morgan fingerprint density at radius 2 is 1.11 bits per heavy atom. The molecule has 0 unspecified atom stereocenters. The lowest BCUT2D eigenvalue weighted by Crippen LogP contribution is -2.28. The van der Waals surface area contributed by atoms with E-state index in [4.69, 9.17) is 9.72 Å². The first-order chi connectivity index (χ1) is 36.3. The molecule has 9 aromatic carbocycles. The van der Waals surface area contributed by atoms with E-state index in [1.54, 1.807) is 0 Å². The van der Waals surface area contributed by atoms with Gasteiger partial charge in [0.2, 0.25) is 0 Å². The fourth-order valence-corrected chi connectivity index (χ4v) is 11.5. The van der Waals surface area contributed by atoms with E-state index < -0.39 is 0 Å². The third kappa shape index (κ3) is 6.81. The van der Waals surface area contributed by atoms with Crippen LogP contribution >= 0.6 is 0 Å². The van der Waals surface area contributed by atoms with Crippen molar-refractivity contribution in [3.8, 4) is 56.6 Å². The van der Waals surface area contributed by atoms with Gasteiger partial charge in [0.05, 0.1) is 39.0 Å². The molecule has 0 spiro atoms. The van der Waals surface area contributed by atoms with Gasteiger partial charge in [-0.2, -0.15) is 0 Å². The smallest absolute Gasteiger partial charge is 0.268 e. The van der Waals surface area contributed by atoms with Crippen molar-refractivity contribution < 1.29 is 9.30 Å². The highest BCUT2D eigenvalue weighted by Gasteiger charge is 2.29. The predicted molar refractivity (Wildman–Crippen MR) is 303 cm³/mol. The maximum atomic E-state index is 6.97. The molecule has 0 N–H and O–H groups in total. The molecule has 0 bridgehead atoms. The van der Waals surface area contributed by atoms with Gasteiger partial charge in [-0.05, 0) is 100.0 Å². The number of nitrogens with zero attached hydrogens (tertiary/aromatic N) is 6. The molecule has 0 atom stereocenters. The van der Waals surface area contributed by atoms with Crippen molar-refractivity contribution in [1.29, 1.82) is 0 Å². The van der Waals surface area contributed by atoms with E-state index >= 15 is 0 Å². The number of para-hydroxylation sites is 4. The van der Waals surface area contributed by atoms with E-state index in [0.29, 0.717) is 5.75 Å². The summed E-state index contributed by atoms with van der Waals surface area (Å²) in [5.74, 6) is 2.28. The van der Waals surface area contributed by atoms with Crippen LogP contribution in [0.3, 0.4) is 0 Å². The number of hydrogen-bond donors (Lipinski definition) is 0. The van der Waals surface area contributed by atoms with Crippen LogP contribution in [0.4, 0.5) is 0 Å². The lowest BCUT2D eigenvalue weighted by molar-refractivity contribution is -0.599. The van der Waals surface area contributed by atoms with E-state index in [-0.39, 0.29) is 5.41 Å². The minimum Gasteiger partial charge on any atom is -0.458 e.